The predicted molar refractivity (Wildman–Crippen MR) is 112 cm³/mol. The van der Waals surface area contributed by atoms with E-state index in [0.717, 1.165) is 56.5 Å². The lowest BCUT2D eigenvalue weighted by atomic mass is 10.1. The Morgan fingerprint density at radius 1 is 0.857 bits per heavy atom. The van der Waals surface area contributed by atoms with Gasteiger partial charge < -0.3 is 14.7 Å². The molecule has 0 saturated carbocycles. The van der Waals surface area contributed by atoms with Crippen LogP contribution >= 0.6 is 0 Å². The van der Waals surface area contributed by atoms with Crippen molar-refractivity contribution in [3.8, 4) is 0 Å². The van der Waals surface area contributed by atoms with Crippen molar-refractivity contribution < 1.29 is 4.79 Å². The van der Waals surface area contributed by atoms with E-state index >= 15 is 0 Å². The zero-order valence-electron chi connectivity index (χ0n) is 16.7. The average Bonchev–Trinajstić information content (AvgIpc) is 2.75. The molecule has 0 radical (unpaired) electrons. The third-order valence-corrected chi connectivity index (χ3v) is 5.71. The minimum atomic E-state index is 0.205. The van der Waals surface area contributed by atoms with E-state index < -0.39 is 0 Å². The smallest absolute Gasteiger partial charge is 0.227 e. The van der Waals surface area contributed by atoms with Crippen molar-refractivity contribution in [3.63, 3.8) is 0 Å². The van der Waals surface area contributed by atoms with Crippen molar-refractivity contribution in [3.05, 3.63) is 47.5 Å². The van der Waals surface area contributed by atoms with Crippen molar-refractivity contribution in [1.29, 1.82) is 0 Å². The van der Waals surface area contributed by atoms with Crippen LogP contribution in [-0.2, 0) is 11.2 Å². The van der Waals surface area contributed by atoms with Crippen molar-refractivity contribution in [2.24, 2.45) is 0 Å². The van der Waals surface area contributed by atoms with Crippen LogP contribution in [0, 0.1) is 6.92 Å². The van der Waals surface area contributed by atoms with Gasteiger partial charge in [-0.15, -0.1) is 10.2 Å². The summed E-state index contributed by atoms with van der Waals surface area (Å²) in [5, 5.41) is 8.91. The Kier molecular flexibility index (Phi) is 5.74. The monoisotopic (exact) mass is 379 g/mol. The number of piperazine rings is 1. The topological polar surface area (TPSA) is 52.6 Å². The molecule has 0 N–H and O–H groups in total. The molecule has 2 fully saturated rings. The molecule has 0 aliphatic carbocycles. The van der Waals surface area contributed by atoms with E-state index in [1.165, 1.54) is 24.8 Å². The molecular formula is C22H29N5O. The lowest BCUT2D eigenvalue weighted by molar-refractivity contribution is -0.130. The number of rotatable bonds is 4. The molecule has 0 bridgehead atoms. The van der Waals surface area contributed by atoms with Crippen LogP contribution in [0.1, 0.15) is 30.4 Å². The first-order valence-corrected chi connectivity index (χ1v) is 10.4. The van der Waals surface area contributed by atoms with Gasteiger partial charge in [0.1, 0.15) is 0 Å². The van der Waals surface area contributed by atoms with Gasteiger partial charge in [-0.25, -0.2) is 0 Å². The number of piperidine rings is 1. The maximum absolute atomic E-state index is 12.6. The van der Waals surface area contributed by atoms with Crippen LogP contribution in [0.3, 0.4) is 0 Å². The number of aryl methyl sites for hydroxylation is 1. The van der Waals surface area contributed by atoms with Crippen LogP contribution in [-0.4, -0.2) is 60.3 Å². The normalized spacial score (nSPS) is 17.7. The van der Waals surface area contributed by atoms with Gasteiger partial charge in [-0.1, -0.05) is 29.8 Å². The predicted octanol–water partition coefficient (Wildman–Crippen LogP) is 2.67. The summed E-state index contributed by atoms with van der Waals surface area (Å²) in [5.41, 5.74) is 2.29. The average molecular weight is 380 g/mol. The fraction of sp³-hybridized carbons (Fsp3) is 0.500. The Morgan fingerprint density at radius 3 is 2.11 bits per heavy atom. The van der Waals surface area contributed by atoms with E-state index in [0.29, 0.717) is 6.42 Å². The SMILES string of the molecule is Cc1cccc(CC(=O)N2CCN(c3ccc(N4CCCCC4)nn3)CC2)c1. The van der Waals surface area contributed by atoms with Crippen molar-refractivity contribution in [2.45, 2.75) is 32.6 Å². The van der Waals surface area contributed by atoms with Crippen LogP contribution in [0.15, 0.2) is 36.4 Å². The van der Waals surface area contributed by atoms with Crippen molar-refractivity contribution in [2.75, 3.05) is 49.1 Å². The van der Waals surface area contributed by atoms with Crippen molar-refractivity contribution >= 4 is 17.5 Å². The summed E-state index contributed by atoms with van der Waals surface area (Å²) >= 11 is 0. The van der Waals surface area contributed by atoms with E-state index in [4.69, 9.17) is 0 Å². The minimum Gasteiger partial charge on any atom is -0.355 e. The van der Waals surface area contributed by atoms with E-state index in [1.54, 1.807) is 0 Å². The van der Waals surface area contributed by atoms with E-state index in [1.807, 2.05) is 17.0 Å². The van der Waals surface area contributed by atoms with E-state index in [9.17, 15) is 4.79 Å². The van der Waals surface area contributed by atoms with Crippen LogP contribution in [0.5, 0.6) is 0 Å². The summed E-state index contributed by atoms with van der Waals surface area (Å²) < 4.78 is 0. The largest absolute Gasteiger partial charge is 0.355 e. The van der Waals surface area contributed by atoms with Gasteiger partial charge in [-0.3, -0.25) is 4.79 Å². The summed E-state index contributed by atoms with van der Waals surface area (Å²) in [6, 6.07) is 12.4. The fourth-order valence-electron chi connectivity index (χ4n) is 4.07. The Hall–Kier alpha value is -2.63. The van der Waals surface area contributed by atoms with Gasteiger partial charge >= 0.3 is 0 Å². The zero-order valence-corrected chi connectivity index (χ0v) is 16.7. The standard InChI is InChI=1S/C22H29N5O/c1-18-6-5-7-19(16-18)17-22(28)27-14-12-26(13-15-27)21-9-8-20(23-24-21)25-10-3-2-4-11-25/h5-9,16H,2-4,10-15,17H2,1H3. The molecular weight excluding hydrogens is 350 g/mol. The molecule has 0 spiro atoms. The van der Waals surface area contributed by atoms with E-state index in [-0.39, 0.29) is 5.91 Å². The molecule has 0 unspecified atom stereocenters. The highest BCUT2D eigenvalue weighted by atomic mass is 16.2. The van der Waals surface area contributed by atoms with Gasteiger partial charge in [0.25, 0.3) is 0 Å². The number of nitrogens with zero attached hydrogens (tertiary/aromatic N) is 5. The molecule has 2 aliphatic rings. The summed E-state index contributed by atoms with van der Waals surface area (Å²) in [6.07, 6.45) is 4.27. The van der Waals surface area contributed by atoms with Crippen LogP contribution in [0.2, 0.25) is 0 Å². The highest BCUT2D eigenvalue weighted by molar-refractivity contribution is 5.79. The Morgan fingerprint density at radius 2 is 1.50 bits per heavy atom. The molecule has 2 saturated heterocycles. The molecule has 2 aromatic rings. The number of hydrogen-bond acceptors (Lipinski definition) is 5. The molecule has 3 heterocycles. The number of carbonyl (C=O) groups excluding carboxylic acids is 1. The first-order chi connectivity index (χ1) is 13.7. The van der Waals surface area contributed by atoms with Crippen LogP contribution in [0.4, 0.5) is 11.6 Å². The number of aromatic nitrogens is 2. The highest BCUT2D eigenvalue weighted by Gasteiger charge is 2.22. The Balaban J connectivity index is 1.30. The quantitative estimate of drug-likeness (QED) is 0.818. The van der Waals surface area contributed by atoms with Gasteiger partial charge in [0.2, 0.25) is 5.91 Å². The lowest BCUT2D eigenvalue weighted by Gasteiger charge is -2.35. The molecule has 1 amide bonds. The van der Waals surface area contributed by atoms with Gasteiger partial charge in [-0.2, -0.15) is 0 Å². The Bertz CT molecular complexity index is 793. The molecule has 6 nitrogen and oxygen atoms in total. The van der Waals surface area contributed by atoms with Crippen molar-refractivity contribution in [1.82, 2.24) is 15.1 Å². The molecule has 6 heteroatoms. The molecule has 148 valence electrons. The second kappa shape index (κ2) is 8.59. The first kappa shape index (κ1) is 18.7. The molecule has 4 rings (SSSR count). The third-order valence-electron chi connectivity index (χ3n) is 5.71. The van der Waals surface area contributed by atoms with Gasteiger partial charge in [-0.05, 0) is 43.9 Å². The van der Waals surface area contributed by atoms with E-state index in [2.05, 4.69) is 51.2 Å². The van der Waals surface area contributed by atoms with Gasteiger partial charge in [0, 0.05) is 39.3 Å². The number of carbonyl (C=O) groups is 1. The summed E-state index contributed by atoms with van der Waals surface area (Å²) in [7, 11) is 0. The second-order valence-electron chi connectivity index (χ2n) is 7.83. The second-order valence-corrected chi connectivity index (χ2v) is 7.83. The summed E-state index contributed by atoms with van der Waals surface area (Å²) in [4.78, 5) is 19.1. The van der Waals surface area contributed by atoms with Crippen LogP contribution < -0.4 is 9.80 Å². The number of amides is 1. The molecule has 1 aromatic carbocycles. The summed E-state index contributed by atoms with van der Waals surface area (Å²) in [5.74, 6) is 2.10. The zero-order chi connectivity index (χ0) is 19.3. The minimum absolute atomic E-state index is 0.205. The maximum atomic E-state index is 12.6. The fourth-order valence-corrected chi connectivity index (χ4v) is 4.07. The maximum Gasteiger partial charge on any atom is 0.227 e. The molecule has 1 aromatic heterocycles. The lowest BCUT2D eigenvalue weighted by Crippen LogP contribution is -2.49. The number of hydrogen-bond donors (Lipinski definition) is 0. The van der Waals surface area contributed by atoms with Gasteiger partial charge in [0.05, 0.1) is 6.42 Å². The van der Waals surface area contributed by atoms with Gasteiger partial charge in [0.15, 0.2) is 11.6 Å². The molecule has 0 atom stereocenters. The Labute approximate surface area is 167 Å². The third kappa shape index (κ3) is 4.43. The first-order valence-electron chi connectivity index (χ1n) is 10.4. The number of anilines is 2. The summed E-state index contributed by atoms with van der Waals surface area (Å²) in [6.45, 7) is 7.30. The number of benzene rings is 1. The van der Waals surface area contributed by atoms with Crippen LogP contribution in [0.25, 0.3) is 0 Å². The molecule has 2 aliphatic heterocycles. The highest BCUT2D eigenvalue weighted by Crippen LogP contribution is 2.20. The molecule has 28 heavy (non-hydrogen) atoms.